The number of rotatable bonds is 5. The summed E-state index contributed by atoms with van der Waals surface area (Å²) in [6.45, 7) is 6.18. The fourth-order valence-electron chi connectivity index (χ4n) is 5.92. The highest BCUT2D eigenvalue weighted by Gasteiger charge is 2.45. The zero-order valence-corrected chi connectivity index (χ0v) is 19.8. The molecule has 34 heavy (non-hydrogen) atoms. The van der Waals surface area contributed by atoms with Gasteiger partial charge >= 0.3 is 6.18 Å². The van der Waals surface area contributed by atoms with Crippen molar-refractivity contribution in [2.45, 2.75) is 63.7 Å². The maximum Gasteiger partial charge on any atom is 0.417 e. The number of anilines is 1. The molecular weight excluding hydrogens is 447 g/mol. The van der Waals surface area contributed by atoms with Crippen molar-refractivity contribution in [3.8, 4) is 0 Å². The highest BCUT2D eigenvalue weighted by atomic mass is 19.4. The molecule has 188 valence electrons. The molecule has 2 aliphatic carbocycles. The van der Waals surface area contributed by atoms with Crippen molar-refractivity contribution >= 4 is 17.6 Å². The summed E-state index contributed by atoms with van der Waals surface area (Å²) >= 11 is 0. The molecule has 2 bridgehead atoms. The lowest BCUT2D eigenvalue weighted by Gasteiger charge is -2.48. The third-order valence-electron chi connectivity index (χ3n) is 8.07. The van der Waals surface area contributed by atoms with Gasteiger partial charge in [-0.25, -0.2) is 4.98 Å². The Labute approximate surface area is 198 Å². The van der Waals surface area contributed by atoms with Gasteiger partial charge < -0.3 is 16.0 Å². The summed E-state index contributed by atoms with van der Waals surface area (Å²) in [6, 6.07) is 2.53. The van der Waals surface area contributed by atoms with Crippen LogP contribution in [0.2, 0.25) is 0 Å². The van der Waals surface area contributed by atoms with E-state index in [1.54, 1.807) is 0 Å². The number of carbonyl (C=O) groups is 2. The van der Waals surface area contributed by atoms with Gasteiger partial charge in [0.05, 0.1) is 11.1 Å². The van der Waals surface area contributed by atoms with Crippen molar-refractivity contribution in [2.75, 3.05) is 31.1 Å². The topological polar surface area (TPSA) is 91.6 Å². The minimum absolute atomic E-state index is 0.0203. The summed E-state index contributed by atoms with van der Waals surface area (Å²) in [6.07, 6.45) is 1.08. The number of nitrogens with zero attached hydrogens (tertiary/aromatic N) is 3. The SMILES string of the molecule is CC(C)(C(=O)NC1C2CCCC1CC(C(N)=O)C2)N1CCN(c2ccc(C(F)(F)F)cn2)CC1. The van der Waals surface area contributed by atoms with Gasteiger partial charge in [-0.15, -0.1) is 0 Å². The van der Waals surface area contributed by atoms with Crippen LogP contribution in [-0.4, -0.2) is 59.5 Å². The van der Waals surface area contributed by atoms with Gasteiger partial charge in [0, 0.05) is 44.3 Å². The van der Waals surface area contributed by atoms with E-state index < -0.39 is 17.3 Å². The molecule has 1 aromatic rings. The second-order valence-corrected chi connectivity index (χ2v) is 10.5. The summed E-state index contributed by atoms with van der Waals surface area (Å²) in [5.74, 6) is 0.729. The Morgan fingerprint density at radius 1 is 1.06 bits per heavy atom. The quantitative estimate of drug-likeness (QED) is 0.675. The number of primary amides is 1. The first-order chi connectivity index (χ1) is 16.0. The third kappa shape index (κ3) is 5.01. The van der Waals surface area contributed by atoms with Crippen molar-refractivity contribution in [3.63, 3.8) is 0 Å². The average molecular weight is 482 g/mol. The molecular formula is C24H34F3N5O2. The second kappa shape index (κ2) is 9.36. The number of nitrogens with one attached hydrogen (secondary N) is 1. The van der Waals surface area contributed by atoms with E-state index in [1.165, 1.54) is 6.07 Å². The minimum atomic E-state index is -4.40. The summed E-state index contributed by atoms with van der Waals surface area (Å²) in [5.41, 5.74) is 4.08. The fourth-order valence-corrected chi connectivity index (χ4v) is 5.92. The second-order valence-electron chi connectivity index (χ2n) is 10.5. The molecule has 3 aliphatic rings. The van der Waals surface area contributed by atoms with Crippen molar-refractivity contribution in [1.29, 1.82) is 0 Å². The van der Waals surface area contributed by atoms with Gasteiger partial charge in [-0.1, -0.05) is 6.42 Å². The summed E-state index contributed by atoms with van der Waals surface area (Å²) in [7, 11) is 0. The first-order valence-corrected chi connectivity index (χ1v) is 12.1. The Balaban J connectivity index is 1.35. The van der Waals surface area contributed by atoms with Crippen LogP contribution in [0.4, 0.5) is 19.0 Å². The van der Waals surface area contributed by atoms with Gasteiger partial charge in [-0.3, -0.25) is 14.5 Å². The van der Waals surface area contributed by atoms with Crippen LogP contribution in [0.15, 0.2) is 18.3 Å². The predicted octanol–water partition coefficient (Wildman–Crippen LogP) is 2.80. The zero-order valence-electron chi connectivity index (χ0n) is 19.8. The van der Waals surface area contributed by atoms with Crippen molar-refractivity contribution in [2.24, 2.45) is 23.5 Å². The van der Waals surface area contributed by atoms with Crippen LogP contribution in [0.25, 0.3) is 0 Å². The molecule has 2 amide bonds. The zero-order chi connectivity index (χ0) is 24.7. The van der Waals surface area contributed by atoms with Crippen LogP contribution in [0.3, 0.4) is 0 Å². The standard InChI is InChI=1S/C24H34F3N5O2/c1-23(2,22(34)30-20-15-4-3-5-16(20)13-17(12-15)21(28)33)32-10-8-31(9-11-32)19-7-6-18(14-29-19)24(25,26)27/h6-7,14-17,20H,3-5,8-13H2,1-2H3,(H2,28,33)(H,30,34). The number of hydrogen-bond acceptors (Lipinski definition) is 5. The molecule has 0 aromatic carbocycles. The van der Waals surface area contributed by atoms with E-state index in [0.717, 1.165) is 44.4 Å². The van der Waals surface area contributed by atoms with Crippen LogP contribution in [0, 0.1) is 17.8 Å². The summed E-state index contributed by atoms with van der Waals surface area (Å²) in [4.78, 5) is 33.2. The normalized spacial score (nSPS) is 28.4. The molecule has 0 radical (unpaired) electrons. The Morgan fingerprint density at radius 2 is 1.68 bits per heavy atom. The van der Waals surface area contributed by atoms with Crippen molar-refractivity contribution in [1.82, 2.24) is 15.2 Å². The van der Waals surface area contributed by atoms with E-state index in [4.69, 9.17) is 5.73 Å². The highest BCUT2D eigenvalue weighted by Crippen LogP contribution is 2.43. The number of aromatic nitrogens is 1. The molecule has 10 heteroatoms. The van der Waals surface area contributed by atoms with Gasteiger partial charge in [-0.2, -0.15) is 13.2 Å². The smallest absolute Gasteiger partial charge is 0.369 e. The van der Waals surface area contributed by atoms with Crippen molar-refractivity contribution in [3.05, 3.63) is 23.9 Å². The molecule has 3 fully saturated rings. The number of amides is 2. The first kappa shape index (κ1) is 24.8. The Morgan fingerprint density at radius 3 is 2.18 bits per heavy atom. The molecule has 7 nitrogen and oxygen atoms in total. The molecule has 0 spiro atoms. The molecule has 1 saturated heterocycles. The number of fused-ring (bicyclic) bond motifs is 2. The number of alkyl halides is 3. The van der Waals surface area contributed by atoms with Crippen LogP contribution in [-0.2, 0) is 15.8 Å². The van der Waals surface area contributed by atoms with E-state index in [1.807, 2.05) is 18.7 Å². The minimum Gasteiger partial charge on any atom is -0.369 e. The number of halogens is 3. The fraction of sp³-hybridized carbons (Fsp3) is 0.708. The third-order valence-corrected chi connectivity index (χ3v) is 8.07. The molecule has 3 N–H and O–H groups in total. The van der Waals surface area contributed by atoms with E-state index in [9.17, 15) is 22.8 Å². The number of hydrogen-bond donors (Lipinski definition) is 2. The van der Waals surface area contributed by atoms with Gasteiger partial charge in [0.2, 0.25) is 11.8 Å². The average Bonchev–Trinajstić information content (AvgIpc) is 2.78. The van der Waals surface area contributed by atoms with E-state index in [-0.39, 0.29) is 35.6 Å². The maximum absolute atomic E-state index is 13.4. The molecule has 2 saturated carbocycles. The number of carbonyl (C=O) groups excluding carboxylic acids is 2. The Bertz CT molecular complexity index is 883. The highest BCUT2D eigenvalue weighted by molar-refractivity contribution is 5.86. The van der Waals surface area contributed by atoms with E-state index >= 15 is 0 Å². The van der Waals surface area contributed by atoms with E-state index in [2.05, 4.69) is 15.2 Å². The van der Waals surface area contributed by atoms with Crippen LogP contribution >= 0.6 is 0 Å². The van der Waals surface area contributed by atoms with Gasteiger partial charge in [0.15, 0.2) is 0 Å². The van der Waals surface area contributed by atoms with Gasteiger partial charge in [0.25, 0.3) is 0 Å². The summed E-state index contributed by atoms with van der Waals surface area (Å²) in [5, 5.41) is 3.32. The number of pyridine rings is 1. The molecule has 1 aromatic heterocycles. The van der Waals surface area contributed by atoms with Gasteiger partial charge in [0.1, 0.15) is 5.82 Å². The largest absolute Gasteiger partial charge is 0.417 e. The lowest BCUT2D eigenvalue weighted by Crippen LogP contribution is -2.63. The summed E-state index contributed by atoms with van der Waals surface area (Å²) < 4.78 is 38.4. The number of piperazine rings is 1. The Kier molecular flexibility index (Phi) is 6.81. The lowest BCUT2D eigenvalue weighted by atomic mass is 9.64. The molecule has 2 unspecified atom stereocenters. The lowest BCUT2D eigenvalue weighted by molar-refractivity contribution is -0.138. The predicted molar refractivity (Wildman–Crippen MR) is 122 cm³/mol. The number of nitrogens with two attached hydrogens (primary N) is 1. The van der Waals surface area contributed by atoms with E-state index in [0.29, 0.717) is 32.0 Å². The van der Waals surface area contributed by atoms with Crippen molar-refractivity contribution < 1.29 is 22.8 Å². The van der Waals surface area contributed by atoms with Gasteiger partial charge in [-0.05, 0) is 63.5 Å². The maximum atomic E-state index is 13.4. The first-order valence-electron chi connectivity index (χ1n) is 12.1. The molecule has 1 aliphatic heterocycles. The van der Waals surface area contributed by atoms with Crippen LogP contribution in [0.5, 0.6) is 0 Å². The van der Waals surface area contributed by atoms with Crippen LogP contribution < -0.4 is 16.0 Å². The monoisotopic (exact) mass is 481 g/mol. The Hall–Kier alpha value is -2.36. The van der Waals surface area contributed by atoms with Crippen LogP contribution in [0.1, 0.15) is 51.5 Å². The molecule has 2 heterocycles. The molecule has 4 rings (SSSR count). The molecule has 2 atom stereocenters.